The van der Waals surface area contributed by atoms with Crippen molar-refractivity contribution in [2.45, 2.75) is 44.9 Å². The van der Waals surface area contributed by atoms with E-state index in [-0.39, 0.29) is 49.0 Å². The quantitative estimate of drug-likeness (QED) is 0.809. The number of carbonyl (C=O) groups is 1. The molecule has 2 N–H and O–H groups in total. The van der Waals surface area contributed by atoms with Gasteiger partial charge in [0.2, 0.25) is 5.89 Å². The highest BCUT2D eigenvalue weighted by Gasteiger charge is 2.35. The molecule has 0 aliphatic carbocycles. The van der Waals surface area contributed by atoms with Crippen molar-refractivity contribution in [1.29, 1.82) is 0 Å². The van der Waals surface area contributed by atoms with E-state index in [1.165, 1.54) is 0 Å². The van der Waals surface area contributed by atoms with Crippen molar-refractivity contribution >= 4 is 30.7 Å². The van der Waals surface area contributed by atoms with E-state index >= 15 is 0 Å². The van der Waals surface area contributed by atoms with Gasteiger partial charge in [-0.05, 0) is 26.7 Å². The van der Waals surface area contributed by atoms with Gasteiger partial charge in [0.05, 0.1) is 12.1 Å². The van der Waals surface area contributed by atoms with Crippen molar-refractivity contribution < 1.29 is 14.1 Å². The molecular weight excluding hydrogens is 369 g/mol. The molecular formula is C15H27Cl2N5O3. The van der Waals surface area contributed by atoms with Crippen LogP contribution in [-0.2, 0) is 9.53 Å². The number of piperazine rings is 1. The summed E-state index contributed by atoms with van der Waals surface area (Å²) in [5, 5.41) is 3.84. The maximum absolute atomic E-state index is 12.5. The fraction of sp³-hybridized carbons (Fsp3) is 0.800. The number of amides is 1. The Morgan fingerprint density at radius 3 is 2.48 bits per heavy atom. The lowest BCUT2D eigenvalue weighted by atomic mass is 10.1. The largest absolute Gasteiger partial charge is 0.364 e. The molecule has 0 bridgehead atoms. The molecule has 0 spiro atoms. The lowest BCUT2D eigenvalue weighted by Gasteiger charge is -2.37. The van der Waals surface area contributed by atoms with Crippen LogP contribution in [0.25, 0.3) is 0 Å². The number of hydrogen-bond donors (Lipinski definition) is 1. The summed E-state index contributed by atoms with van der Waals surface area (Å²) in [5.74, 6) is 1.38. The van der Waals surface area contributed by atoms with Crippen LogP contribution in [0.4, 0.5) is 0 Å². The second-order valence-electron chi connectivity index (χ2n) is 6.28. The van der Waals surface area contributed by atoms with Crippen LogP contribution < -0.4 is 5.73 Å². The highest BCUT2D eigenvalue weighted by molar-refractivity contribution is 5.85. The molecule has 8 nitrogen and oxygen atoms in total. The summed E-state index contributed by atoms with van der Waals surface area (Å²) < 4.78 is 11.0. The zero-order valence-corrected chi connectivity index (χ0v) is 16.2. The lowest BCUT2D eigenvalue weighted by molar-refractivity contribution is -0.144. The Kier molecular flexibility index (Phi) is 8.56. The van der Waals surface area contributed by atoms with Crippen LogP contribution in [0.3, 0.4) is 0 Å². The van der Waals surface area contributed by atoms with Crippen molar-refractivity contribution in [3.63, 3.8) is 0 Å². The highest BCUT2D eigenvalue weighted by atomic mass is 35.5. The van der Waals surface area contributed by atoms with Gasteiger partial charge in [-0.3, -0.25) is 9.69 Å². The Bertz CT molecular complexity index is 551. The maximum atomic E-state index is 12.5. The van der Waals surface area contributed by atoms with Gasteiger partial charge in [-0.25, -0.2) is 0 Å². The van der Waals surface area contributed by atoms with E-state index in [0.717, 1.165) is 25.9 Å². The standard InChI is InChI=1S/C15H25N5O3.2ClH/c1-10(14-17-11(2)18-23-14)19-5-7-20(8-6-19)15(21)13-4-3-12(9-16)22-13;;/h10,12-13H,3-9,16H2,1-2H3;2*1H/t10?,12-,13+;;/m1../s1. The molecule has 3 atom stereocenters. The Labute approximate surface area is 160 Å². The SMILES string of the molecule is Cc1noc(C(C)N2CCN(C(=O)[C@@H]3CC[C@H](CN)O3)CC2)n1.Cl.Cl. The number of hydrogen-bond acceptors (Lipinski definition) is 7. The summed E-state index contributed by atoms with van der Waals surface area (Å²) in [6, 6.07) is 0.0674. The van der Waals surface area contributed by atoms with Gasteiger partial charge in [-0.1, -0.05) is 5.16 Å². The molecule has 2 aliphatic heterocycles. The first-order valence-electron chi connectivity index (χ1n) is 8.27. The Hall–Kier alpha value is -0.930. The summed E-state index contributed by atoms with van der Waals surface area (Å²) >= 11 is 0. The van der Waals surface area contributed by atoms with Gasteiger partial charge in [0.1, 0.15) is 6.10 Å². The van der Waals surface area contributed by atoms with Crippen LogP contribution in [0.2, 0.25) is 0 Å². The number of halogens is 2. The fourth-order valence-corrected chi connectivity index (χ4v) is 3.23. The number of nitrogens with zero attached hydrogens (tertiary/aromatic N) is 4. The van der Waals surface area contributed by atoms with E-state index in [1.54, 1.807) is 0 Å². The molecule has 1 amide bonds. The van der Waals surface area contributed by atoms with Crippen molar-refractivity contribution in [2.75, 3.05) is 32.7 Å². The smallest absolute Gasteiger partial charge is 0.251 e. The monoisotopic (exact) mass is 395 g/mol. The van der Waals surface area contributed by atoms with Crippen molar-refractivity contribution in [2.24, 2.45) is 5.73 Å². The zero-order valence-electron chi connectivity index (χ0n) is 14.6. The molecule has 2 aliphatic rings. The molecule has 1 aromatic heterocycles. The predicted octanol–water partition coefficient (Wildman–Crippen LogP) is 0.933. The summed E-state index contributed by atoms with van der Waals surface area (Å²) in [7, 11) is 0. The topological polar surface area (TPSA) is 97.7 Å². The molecule has 25 heavy (non-hydrogen) atoms. The van der Waals surface area contributed by atoms with E-state index in [9.17, 15) is 4.79 Å². The van der Waals surface area contributed by atoms with E-state index in [2.05, 4.69) is 22.0 Å². The highest BCUT2D eigenvalue weighted by Crippen LogP contribution is 2.23. The second-order valence-corrected chi connectivity index (χ2v) is 6.28. The average Bonchev–Trinajstić information content (AvgIpc) is 3.22. The Balaban J connectivity index is 0.00000156. The molecule has 3 rings (SSSR count). The third-order valence-electron chi connectivity index (χ3n) is 4.72. The molecule has 0 radical (unpaired) electrons. The maximum Gasteiger partial charge on any atom is 0.251 e. The van der Waals surface area contributed by atoms with Gasteiger partial charge in [-0.2, -0.15) is 4.98 Å². The molecule has 0 aromatic carbocycles. The van der Waals surface area contributed by atoms with Gasteiger partial charge in [0, 0.05) is 32.7 Å². The van der Waals surface area contributed by atoms with Gasteiger partial charge >= 0.3 is 0 Å². The molecule has 0 saturated carbocycles. The van der Waals surface area contributed by atoms with Gasteiger partial charge < -0.3 is 19.9 Å². The first kappa shape index (κ1) is 22.1. The third-order valence-corrected chi connectivity index (χ3v) is 4.72. The minimum atomic E-state index is -0.314. The average molecular weight is 396 g/mol. The number of aryl methyl sites for hydroxylation is 1. The van der Waals surface area contributed by atoms with Gasteiger partial charge in [0.15, 0.2) is 5.82 Å². The summed E-state index contributed by atoms with van der Waals surface area (Å²) in [6.45, 7) is 7.33. The molecule has 1 unspecified atom stereocenters. The van der Waals surface area contributed by atoms with E-state index in [4.69, 9.17) is 15.0 Å². The molecule has 144 valence electrons. The third kappa shape index (κ3) is 5.04. The number of aromatic nitrogens is 2. The fourth-order valence-electron chi connectivity index (χ4n) is 3.23. The van der Waals surface area contributed by atoms with Crippen LogP contribution in [0.5, 0.6) is 0 Å². The first-order chi connectivity index (χ1) is 11.1. The first-order valence-corrected chi connectivity index (χ1v) is 8.27. The minimum absolute atomic E-state index is 0. The number of ether oxygens (including phenoxy) is 1. The molecule has 2 fully saturated rings. The predicted molar refractivity (Wildman–Crippen MR) is 97.0 cm³/mol. The Morgan fingerprint density at radius 2 is 1.96 bits per heavy atom. The van der Waals surface area contributed by atoms with Crippen LogP contribution in [-0.4, -0.2) is 70.8 Å². The number of nitrogens with two attached hydrogens (primary N) is 1. The number of carbonyl (C=O) groups excluding carboxylic acids is 1. The van der Waals surface area contributed by atoms with Crippen LogP contribution in [0.1, 0.15) is 37.5 Å². The van der Waals surface area contributed by atoms with E-state index < -0.39 is 0 Å². The van der Waals surface area contributed by atoms with Gasteiger partial charge in [0.25, 0.3) is 5.91 Å². The van der Waals surface area contributed by atoms with E-state index in [0.29, 0.717) is 31.3 Å². The Morgan fingerprint density at radius 1 is 1.28 bits per heavy atom. The number of rotatable bonds is 4. The lowest BCUT2D eigenvalue weighted by Crippen LogP contribution is -2.52. The summed E-state index contributed by atoms with van der Waals surface area (Å²) in [5.41, 5.74) is 5.61. The summed E-state index contributed by atoms with van der Waals surface area (Å²) in [4.78, 5) is 21.0. The van der Waals surface area contributed by atoms with Crippen molar-refractivity contribution in [3.8, 4) is 0 Å². The minimum Gasteiger partial charge on any atom is -0.364 e. The normalized spacial score (nSPS) is 25.2. The van der Waals surface area contributed by atoms with Crippen molar-refractivity contribution in [3.05, 3.63) is 11.7 Å². The summed E-state index contributed by atoms with van der Waals surface area (Å²) in [6.07, 6.45) is 1.37. The molecule has 1 aromatic rings. The second kappa shape index (κ2) is 9.68. The molecule has 10 heteroatoms. The van der Waals surface area contributed by atoms with Crippen LogP contribution >= 0.6 is 24.8 Å². The van der Waals surface area contributed by atoms with Crippen LogP contribution in [0.15, 0.2) is 4.52 Å². The zero-order chi connectivity index (χ0) is 16.4. The van der Waals surface area contributed by atoms with Gasteiger partial charge in [-0.15, -0.1) is 24.8 Å². The molecule has 2 saturated heterocycles. The van der Waals surface area contributed by atoms with E-state index in [1.807, 2.05) is 11.8 Å². The van der Waals surface area contributed by atoms with Crippen LogP contribution in [0, 0.1) is 6.92 Å². The van der Waals surface area contributed by atoms with Crippen molar-refractivity contribution in [1.82, 2.24) is 19.9 Å². The molecule has 3 heterocycles.